The van der Waals surface area contributed by atoms with Crippen LogP contribution in [0.3, 0.4) is 0 Å². The molecule has 2 N–H and O–H groups in total. The van der Waals surface area contributed by atoms with E-state index in [1.54, 1.807) is 41.6 Å². The highest BCUT2D eigenvalue weighted by molar-refractivity contribution is 7.98. The van der Waals surface area contributed by atoms with Gasteiger partial charge in [0.15, 0.2) is 0 Å². The number of amides is 2. The maximum atomic E-state index is 13.4. The van der Waals surface area contributed by atoms with Crippen molar-refractivity contribution >= 4 is 41.0 Å². The third-order valence-corrected chi connectivity index (χ3v) is 7.00. The normalized spacial score (nSPS) is 12.4. The largest absolute Gasteiger partial charge is 0.360 e. The van der Waals surface area contributed by atoms with Gasteiger partial charge in [-0.15, -0.1) is 0 Å². The minimum Gasteiger partial charge on any atom is -0.360 e. The van der Waals surface area contributed by atoms with E-state index in [0.29, 0.717) is 45.7 Å². The van der Waals surface area contributed by atoms with Crippen LogP contribution in [0.25, 0.3) is 11.3 Å². The second-order valence-electron chi connectivity index (χ2n) is 8.08. The summed E-state index contributed by atoms with van der Waals surface area (Å²) in [6.07, 6.45) is 0. The molecule has 35 heavy (non-hydrogen) atoms. The van der Waals surface area contributed by atoms with Gasteiger partial charge in [-0.25, -0.2) is 4.68 Å². The molecule has 5 rings (SSSR count). The Morgan fingerprint density at radius 1 is 1.11 bits per heavy atom. The average molecular weight is 508 g/mol. The zero-order valence-electron chi connectivity index (χ0n) is 18.9. The van der Waals surface area contributed by atoms with Gasteiger partial charge in [0, 0.05) is 29.2 Å². The molecule has 0 atom stereocenters. The molecule has 8 nitrogen and oxygen atoms in total. The van der Waals surface area contributed by atoms with Crippen LogP contribution in [0, 0.1) is 6.92 Å². The molecule has 0 spiro atoms. The van der Waals surface area contributed by atoms with Crippen LogP contribution in [0.4, 0.5) is 5.82 Å². The number of aromatic nitrogens is 3. The van der Waals surface area contributed by atoms with Gasteiger partial charge in [-0.1, -0.05) is 65.3 Å². The first-order valence-electron chi connectivity index (χ1n) is 11.0. The van der Waals surface area contributed by atoms with Gasteiger partial charge < -0.3 is 15.2 Å². The third-order valence-electron chi connectivity index (χ3n) is 5.70. The average Bonchev–Trinajstić information content (AvgIpc) is 3.55. The van der Waals surface area contributed by atoms with Gasteiger partial charge in [0.2, 0.25) is 5.91 Å². The number of carbonyl (C=O) groups is 2. The van der Waals surface area contributed by atoms with Gasteiger partial charge in [0.05, 0.1) is 10.7 Å². The van der Waals surface area contributed by atoms with E-state index in [-0.39, 0.29) is 12.5 Å². The number of anilines is 1. The van der Waals surface area contributed by atoms with Crippen LogP contribution in [0.5, 0.6) is 0 Å². The second kappa shape index (κ2) is 9.97. The molecular weight excluding hydrogens is 486 g/mol. The number of thioether (sulfide) groups is 1. The number of rotatable bonds is 7. The van der Waals surface area contributed by atoms with Crippen molar-refractivity contribution in [3.63, 3.8) is 0 Å². The van der Waals surface area contributed by atoms with E-state index in [4.69, 9.17) is 16.1 Å². The Kier molecular flexibility index (Phi) is 6.61. The molecule has 2 aromatic carbocycles. The molecule has 0 radical (unpaired) electrons. The van der Waals surface area contributed by atoms with Gasteiger partial charge >= 0.3 is 0 Å². The molecule has 0 bridgehead atoms. The Labute approximate surface area is 211 Å². The lowest BCUT2D eigenvalue weighted by Gasteiger charge is -2.12. The molecule has 2 amide bonds. The van der Waals surface area contributed by atoms with E-state index in [9.17, 15) is 9.59 Å². The van der Waals surface area contributed by atoms with Crippen LogP contribution in [0.1, 0.15) is 32.9 Å². The van der Waals surface area contributed by atoms with E-state index >= 15 is 0 Å². The van der Waals surface area contributed by atoms with E-state index in [0.717, 1.165) is 22.6 Å². The molecule has 3 heterocycles. The summed E-state index contributed by atoms with van der Waals surface area (Å²) >= 11 is 8.06. The standard InChI is InChI=1S/C25H22ClN5O3S/c1-15-22(23(30-34-15)17-9-5-6-10-19(17)26)25(33)28-24-18-13-35-14-20(18)29-31(24)12-21(32)27-11-16-7-3-2-4-8-16/h2-10H,11-14H2,1H3,(H,27,32)(H,28,33). The summed E-state index contributed by atoms with van der Waals surface area (Å²) in [5.41, 5.74) is 4.05. The maximum Gasteiger partial charge on any atom is 0.262 e. The van der Waals surface area contributed by atoms with E-state index in [1.165, 1.54) is 0 Å². The Bertz CT molecular complexity index is 1400. The first kappa shape index (κ1) is 23.2. The molecule has 0 aliphatic carbocycles. The molecule has 2 aromatic heterocycles. The molecule has 10 heteroatoms. The van der Waals surface area contributed by atoms with Crippen molar-refractivity contribution in [1.82, 2.24) is 20.3 Å². The zero-order chi connectivity index (χ0) is 24.4. The summed E-state index contributed by atoms with van der Waals surface area (Å²) in [4.78, 5) is 26.1. The molecule has 0 saturated heterocycles. The van der Waals surface area contributed by atoms with E-state index < -0.39 is 5.91 Å². The maximum absolute atomic E-state index is 13.4. The topological polar surface area (TPSA) is 102 Å². The molecular formula is C25H22ClN5O3S. The number of hydrogen-bond donors (Lipinski definition) is 2. The number of fused-ring (bicyclic) bond motifs is 1. The van der Waals surface area contributed by atoms with Crippen LogP contribution in [-0.2, 0) is 29.4 Å². The minimum absolute atomic E-state index is 0.0138. The van der Waals surface area contributed by atoms with Gasteiger partial charge in [-0.05, 0) is 18.6 Å². The molecule has 0 saturated carbocycles. The van der Waals surface area contributed by atoms with Crippen molar-refractivity contribution in [3.05, 3.63) is 87.8 Å². The van der Waals surface area contributed by atoms with E-state index in [1.807, 2.05) is 36.4 Å². The summed E-state index contributed by atoms with van der Waals surface area (Å²) in [5, 5.41) is 15.0. The Morgan fingerprint density at radius 2 is 1.89 bits per heavy atom. The van der Waals surface area contributed by atoms with Crippen LogP contribution in [0.2, 0.25) is 5.02 Å². The highest BCUT2D eigenvalue weighted by Crippen LogP contribution is 2.36. The summed E-state index contributed by atoms with van der Waals surface area (Å²) in [5.74, 6) is 1.72. The lowest BCUT2D eigenvalue weighted by atomic mass is 10.1. The second-order valence-corrected chi connectivity index (χ2v) is 9.48. The van der Waals surface area contributed by atoms with Crippen LogP contribution in [0.15, 0.2) is 59.1 Å². The fourth-order valence-corrected chi connectivity index (χ4v) is 5.22. The van der Waals surface area contributed by atoms with Crippen molar-refractivity contribution in [3.8, 4) is 11.3 Å². The first-order chi connectivity index (χ1) is 17.0. The number of hydrogen-bond acceptors (Lipinski definition) is 6. The highest BCUT2D eigenvalue weighted by atomic mass is 35.5. The minimum atomic E-state index is -0.399. The molecule has 1 aliphatic rings. The van der Waals surface area contributed by atoms with Crippen LogP contribution >= 0.6 is 23.4 Å². The summed E-state index contributed by atoms with van der Waals surface area (Å²) in [7, 11) is 0. The lowest BCUT2D eigenvalue weighted by Crippen LogP contribution is -2.29. The summed E-state index contributed by atoms with van der Waals surface area (Å²) in [6.45, 7) is 2.08. The SMILES string of the molecule is Cc1onc(-c2ccccc2Cl)c1C(=O)Nc1c2c(nn1CC(=O)NCc1ccccc1)CSC2. The first-order valence-corrected chi connectivity index (χ1v) is 12.5. The monoisotopic (exact) mass is 507 g/mol. The predicted molar refractivity (Wildman–Crippen MR) is 135 cm³/mol. The number of benzene rings is 2. The van der Waals surface area contributed by atoms with Crippen molar-refractivity contribution in [2.24, 2.45) is 0 Å². The summed E-state index contributed by atoms with van der Waals surface area (Å²) < 4.78 is 6.90. The molecule has 4 aromatic rings. The van der Waals surface area contributed by atoms with Crippen LogP contribution in [-0.4, -0.2) is 26.8 Å². The van der Waals surface area contributed by atoms with Gasteiger partial charge in [-0.3, -0.25) is 9.59 Å². The van der Waals surface area contributed by atoms with Crippen LogP contribution < -0.4 is 10.6 Å². The lowest BCUT2D eigenvalue weighted by molar-refractivity contribution is -0.122. The number of nitrogens with zero attached hydrogens (tertiary/aromatic N) is 3. The number of halogens is 1. The van der Waals surface area contributed by atoms with Gasteiger partial charge in [-0.2, -0.15) is 16.9 Å². The Hall–Kier alpha value is -3.56. The number of carbonyl (C=O) groups excluding carboxylic acids is 2. The Morgan fingerprint density at radius 3 is 2.69 bits per heavy atom. The predicted octanol–water partition coefficient (Wildman–Crippen LogP) is 4.82. The zero-order valence-corrected chi connectivity index (χ0v) is 20.4. The fraction of sp³-hybridized carbons (Fsp3) is 0.200. The Balaban J connectivity index is 1.39. The molecule has 0 fully saturated rings. The number of nitrogens with one attached hydrogen (secondary N) is 2. The highest BCUT2D eigenvalue weighted by Gasteiger charge is 2.28. The molecule has 1 aliphatic heterocycles. The van der Waals surface area contributed by atoms with Gasteiger partial charge in [0.25, 0.3) is 5.91 Å². The quantitative estimate of drug-likeness (QED) is 0.372. The van der Waals surface area contributed by atoms with E-state index in [2.05, 4.69) is 20.9 Å². The van der Waals surface area contributed by atoms with Crippen molar-refractivity contribution < 1.29 is 14.1 Å². The summed E-state index contributed by atoms with van der Waals surface area (Å²) in [6, 6.07) is 16.8. The number of aryl methyl sites for hydroxylation is 1. The van der Waals surface area contributed by atoms with Crippen molar-refractivity contribution in [2.75, 3.05) is 5.32 Å². The molecule has 0 unspecified atom stereocenters. The van der Waals surface area contributed by atoms with Crippen molar-refractivity contribution in [1.29, 1.82) is 0 Å². The third kappa shape index (κ3) is 4.82. The van der Waals surface area contributed by atoms with Crippen molar-refractivity contribution in [2.45, 2.75) is 31.5 Å². The van der Waals surface area contributed by atoms with Gasteiger partial charge in [0.1, 0.15) is 29.4 Å². The fourth-order valence-electron chi connectivity index (χ4n) is 3.96. The smallest absolute Gasteiger partial charge is 0.262 e. The molecule has 178 valence electrons.